The van der Waals surface area contributed by atoms with Gasteiger partial charge in [0.15, 0.2) is 0 Å². The summed E-state index contributed by atoms with van der Waals surface area (Å²) in [6, 6.07) is 12.4. The summed E-state index contributed by atoms with van der Waals surface area (Å²) < 4.78 is 37.4. The van der Waals surface area contributed by atoms with Gasteiger partial charge in [-0.25, -0.2) is 0 Å². The van der Waals surface area contributed by atoms with Gasteiger partial charge < -0.3 is 10.6 Å². The molecule has 0 aromatic heterocycles. The van der Waals surface area contributed by atoms with Crippen molar-refractivity contribution in [2.24, 2.45) is 0 Å². The minimum absolute atomic E-state index is 0.243. The van der Waals surface area contributed by atoms with E-state index in [1.807, 2.05) is 31.2 Å². The van der Waals surface area contributed by atoms with Gasteiger partial charge in [0.2, 0.25) is 5.91 Å². The van der Waals surface area contributed by atoms with Crippen molar-refractivity contribution in [2.45, 2.75) is 26.1 Å². The summed E-state index contributed by atoms with van der Waals surface area (Å²) in [5, 5.41) is 5.76. The van der Waals surface area contributed by atoms with E-state index in [0.29, 0.717) is 18.8 Å². The lowest BCUT2D eigenvalue weighted by molar-refractivity contribution is -0.137. The van der Waals surface area contributed by atoms with Gasteiger partial charge in [-0.15, -0.1) is 0 Å². The molecule has 2 N–H and O–H groups in total. The number of halogens is 3. The van der Waals surface area contributed by atoms with Crippen molar-refractivity contribution < 1.29 is 18.0 Å². The Kier molecular flexibility index (Phi) is 5.98. The zero-order valence-electron chi connectivity index (χ0n) is 13.3. The SMILES string of the molecule is Cc1ccccc1CNCCC(=O)Nc1ccc(C(F)(F)F)cc1. The molecule has 0 unspecified atom stereocenters. The normalized spacial score (nSPS) is 11.3. The summed E-state index contributed by atoms with van der Waals surface area (Å²) in [7, 11) is 0. The number of nitrogens with one attached hydrogen (secondary N) is 2. The molecule has 128 valence electrons. The van der Waals surface area contributed by atoms with Crippen LogP contribution in [0, 0.1) is 6.92 Å². The molecule has 0 bridgehead atoms. The van der Waals surface area contributed by atoms with E-state index in [9.17, 15) is 18.0 Å². The van der Waals surface area contributed by atoms with Gasteiger partial charge in [0.1, 0.15) is 0 Å². The van der Waals surface area contributed by atoms with E-state index in [4.69, 9.17) is 0 Å². The van der Waals surface area contributed by atoms with Gasteiger partial charge in [0.05, 0.1) is 5.56 Å². The third-order valence-corrected chi connectivity index (χ3v) is 3.60. The molecule has 0 spiro atoms. The van der Waals surface area contributed by atoms with Crippen molar-refractivity contribution in [3.8, 4) is 0 Å². The van der Waals surface area contributed by atoms with Crippen molar-refractivity contribution in [1.82, 2.24) is 5.32 Å². The number of amides is 1. The Labute approximate surface area is 138 Å². The Morgan fingerprint density at radius 1 is 1.04 bits per heavy atom. The molecule has 0 aliphatic carbocycles. The molecule has 0 aliphatic heterocycles. The standard InChI is InChI=1S/C18H19F3N2O/c1-13-4-2-3-5-14(13)12-22-11-10-17(24)23-16-8-6-15(7-9-16)18(19,20)21/h2-9,22H,10-12H2,1H3,(H,23,24). The first-order valence-electron chi connectivity index (χ1n) is 7.58. The quantitative estimate of drug-likeness (QED) is 0.779. The van der Waals surface area contributed by atoms with Crippen LogP contribution in [0.4, 0.5) is 18.9 Å². The van der Waals surface area contributed by atoms with Gasteiger partial charge >= 0.3 is 6.18 Å². The number of benzene rings is 2. The number of hydrogen-bond acceptors (Lipinski definition) is 2. The van der Waals surface area contributed by atoms with Crippen LogP contribution in [0.2, 0.25) is 0 Å². The molecule has 0 aliphatic rings. The fraction of sp³-hybridized carbons (Fsp3) is 0.278. The molecular formula is C18H19F3N2O. The molecule has 0 atom stereocenters. The molecule has 0 saturated carbocycles. The second kappa shape index (κ2) is 7.97. The van der Waals surface area contributed by atoms with Crippen molar-refractivity contribution in [1.29, 1.82) is 0 Å². The summed E-state index contributed by atoms with van der Waals surface area (Å²) in [5.74, 6) is -0.243. The summed E-state index contributed by atoms with van der Waals surface area (Å²) in [6.07, 6.45) is -4.13. The van der Waals surface area contributed by atoms with E-state index >= 15 is 0 Å². The van der Waals surface area contributed by atoms with E-state index in [0.717, 1.165) is 12.1 Å². The summed E-state index contributed by atoms with van der Waals surface area (Å²) in [5.41, 5.74) is 1.96. The van der Waals surface area contributed by atoms with Crippen molar-refractivity contribution in [3.63, 3.8) is 0 Å². The van der Waals surface area contributed by atoms with E-state index in [2.05, 4.69) is 10.6 Å². The molecule has 1 amide bonds. The predicted octanol–water partition coefficient (Wildman–Crippen LogP) is 4.13. The molecule has 6 heteroatoms. The van der Waals surface area contributed by atoms with Crippen LogP contribution in [0.1, 0.15) is 23.1 Å². The first kappa shape index (κ1) is 18.0. The Morgan fingerprint density at radius 3 is 2.33 bits per heavy atom. The average Bonchev–Trinajstić information content (AvgIpc) is 2.53. The Hall–Kier alpha value is -2.34. The summed E-state index contributed by atoms with van der Waals surface area (Å²) in [4.78, 5) is 11.8. The van der Waals surface area contributed by atoms with Gasteiger partial charge in [-0.05, 0) is 42.3 Å². The molecule has 0 saturated heterocycles. The van der Waals surface area contributed by atoms with Crippen molar-refractivity contribution >= 4 is 11.6 Å². The van der Waals surface area contributed by atoms with Gasteiger partial charge in [-0.2, -0.15) is 13.2 Å². The molecule has 24 heavy (non-hydrogen) atoms. The Bertz CT molecular complexity index is 681. The highest BCUT2D eigenvalue weighted by atomic mass is 19.4. The van der Waals surface area contributed by atoms with Gasteiger partial charge in [0.25, 0.3) is 0 Å². The number of carbonyl (C=O) groups is 1. The lowest BCUT2D eigenvalue weighted by Crippen LogP contribution is -2.21. The first-order chi connectivity index (χ1) is 11.4. The maximum absolute atomic E-state index is 12.5. The number of alkyl halides is 3. The molecule has 0 heterocycles. The fourth-order valence-corrected chi connectivity index (χ4v) is 2.20. The summed E-state index contributed by atoms with van der Waals surface area (Å²) in [6.45, 7) is 3.18. The van der Waals surface area contributed by atoms with Gasteiger partial charge in [-0.3, -0.25) is 4.79 Å². The maximum Gasteiger partial charge on any atom is 0.416 e. The monoisotopic (exact) mass is 336 g/mol. The highest BCUT2D eigenvalue weighted by molar-refractivity contribution is 5.90. The van der Waals surface area contributed by atoms with Crippen LogP contribution in [-0.2, 0) is 17.5 Å². The third kappa shape index (κ3) is 5.38. The van der Waals surface area contributed by atoms with Crippen LogP contribution in [0.3, 0.4) is 0 Å². The highest BCUT2D eigenvalue weighted by Crippen LogP contribution is 2.29. The van der Waals surface area contributed by atoms with Crippen LogP contribution < -0.4 is 10.6 Å². The first-order valence-corrected chi connectivity index (χ1v) is 7.58. The molecule has 2 rings (SSSR count). The minimum atomic E-state index is -4.37. The largest absolute Gasteiger partial charge is 0.416 e. The zero-order chi connectivity index (χ0) is 17.6. The summed E-state index contributed by atoms with van der Waals surface area (Å²) >= 11 is 0. The molecule has 2 aromatic rings. The van der Waals surface area contributed by atoms with Crippen LogP contribution in [0.15, 0.2) is 48.5 Å². The fourth-order valence-electron chi connectivity index (χ4n) is 2.20. The Balaban J connectivity index is 1.74. The Morgan fingerprint density at radius 2 is 1.71 bits per heavy atom. The second-order valence-corrected chi connectivity index (χ2v) is 5.48. The van der Waals surface area contributed by atoms with E-state index in [1.54, 1.807) is 0 Å². The zero-order valence-corrected chi connectivity index (χ0v) is 13.3. The molecular weight excluding hydrogens is 317 g/mol. The molecule has 2 aromatic carbocycles. The van der Waals surface area contributed by atoms with Gasteiger partial charge in [-0.1, -0.05) is 24.3 Å². The number of rotatable bonds is 6. The lowest BCUT2D eigenvalue weighted by Gasteiger charge is -2.10. The third-order valence-electron chi connectivity index (χ3n) is 3.60. The smallest absolute Gasteiger partial charge is 0.326 e. The molecule has 0 radical (unpaired) electrons. The van der Waals surface area contributed by atoms with E-state index in [-0.39, 0.29) is 12.3 Å². The second-order valence-electron chi connectivity index (χ2n) is 5.48. The average molecular weight is 336 g/mol. The predicted molar refractivity (Wildman–Crippen MR) is 87.6 cm³/mol. The number of aryl methyl sites for hydroxylation is 1. The minimum Gasteiger partial charge on any atom is -0.326 e. The van der Waals surface area contributed by atoms with Crippen LogP contribution >= 0.6 is 0 Å². The highest BCUT2D eigenvalue weighted by Gasteiger charge is 2.29. The number of anilines is 1. The maximum atomic E-state index is 12.5. The van der Waals surface area contributed by atoms with Crippen molar-refractivity contribution in [2.75, 3.05) is 11.9 Å². The molecule has 3 nitrogen and oxygen atoms in total. The topological polar surface area (TPSA) is 41.1 Å². The van der Waals surface area contributed by atoms with Crippen molar-refractivity contribution in [3.05, 3.63) is 65.2 Å². The molecule has 0 fully saturated rings. The van der Waals surface area contributed by atoms with E-state index in [1.165, 1.54) is 23.3 Å². The van der Waals surface area contributed by atoms with Gasteiger partial charge in [0, 0.05) is 25.2 Å². The number of carbonyl (C=O) groups excluding carboxylic acids is 1. The lowest BCUT2D eigenvalue weighted by atomic mass is 10.1. The van der Waals surface area contributed by atoms with Crippen LogP contribution in [0.25, 0.3) is 0 Å². The van der Waals surface area contributed by atoms with Crippen LogP contribution in [0.5, 0.6) is 0 Å². The van der Waals surface area contributed by atoms with Crippen LogP contribution in [-0.4, -0.2) is 12.5 Å². The number of hydrogen-bond donors (Lipinski definition) is 2. The van der Waals surface area contributed by atoms with E-state index < -0.39 is 11.7 Å².